The van der Waals surface area contributed by atoms with Crippen molar-refractivity contribution in [2.45, 2.75) is 57.2 Å². The van der Waals surface area contributed by atoms with E-state index in [1.807, 2.05) is 23.7 Å². The molecule has 3 aromatic rings. The first-order valence-electron chi connectivity index (χ1n) is 13.3. The van der Waals surface area contributed by atoms with Crippen LogP contribution in [0.1, 0.15) is 39.0 Å². The Kier molecular flexibility index (Phi) is 7.40. The molecule has 1 saturated carbocycles. The van der Waals surface area contributed by atoms with Gasteiger partial charge in [0.05, 0.1) is 24.7 Å². The monoisotopic (exact) mass is 522 g/mol. The highest BCUT2D eigenvalue weighted by Gasteiger charge is 2.36. The van der Waals surface area contributed by atoms with E-state index in [1.165, 1.54) is 19.2 Å². The first-order valence-corrected chi connectivity index (χ1v) is 13.3. The lowest BCUT2D eigenvalue weighted by atomic mass is 9.82. The molecule has 5 rings (SSSR count). The third-order valence-electron chi connectivity index (χ3n) is 7.94. The number of carbonyl (C=O) groups is 1. The van der Waals surface area contributed by atoms with Crippen LogP contribution in [-0.4, -0.2) is 88.1 Å². The van der Waals surface area contributed by atoms with E-state index in [4.69, 9.17) is 20.3 Å². The molecule has 204 valence electrons. The number of ether oxygens (including phenoxy) is 2. The van der Waals surface area contributed by atoms with Gasteiger partial charge in [-0.15, -0.1) is 0 Å². The lowest BCUT2D eigenvalue weighted by Gasteiger charge is -2.37. The van der Waals surface area contributed by atoms with Crippen LogP contribution in [0.5, 0.6) is 5.75 Å². The number of piperidine rings is 1. The van der Waals surface area contributed by atoms with Gasteiger partial charge < -0.3 is 25.0 Å². The van der Waals surface area contributed by atoms with Crippen molar-refractivity contribution in [1.29, 1.82) is 0 Å². The molecule has 2 aromatic heterocycles. The summed E-state index contributed by atoms with van der Waals surface area (Å²) in [5, 5.41) is 8.44. The van der Waals surface area contributed by atoms with Gasteiger partial charge in [0.15, 0.2) is 5.65 Å². The Labute approximate surface area is 223 Å². The van der Waals surface area contributed by atoms with Crippen molar-refractivity contribution >= 4 is 28.6 Å². The maximum Gasteiger partial charge on any atom is 0.412 e. The third-order valence-corrected chi connectivity index (χ3v) is 7.94. The largest absolute Gasteiger partial charge is 0.495 e. The van der Waals surface area contributed by atoms with Gasteiger partial charge in [0.1, 0.15) is 29.2 Å². The zero-order valence-electron chi connectivity index (χ0n) is 22.7. The summed E-state index contributed by atoms with van der Waals surface area (Å²) in [6.45, 7) is 5.67. The summed E-state index contributed by atoms with van der Waals surface area (Å²) in [7, 11) is 5.87. The van der Waals surface area contributed by atoms with Crippen molar-refractivity contribution < 1.29 is 14.3 Å². The van der Waals surface area contributed by atoms with Crippen molar-refractivity contribution in [1.82, 2.24) is 29.5 Å². The van der Waals surface area contributed by atoms with Crippen LogP contribution in [0.3, 0.4) is 0 Å². The zero-order valence-corrected chi connectivity index (χ0v) is 22.7. The molecule has 38 heavy (non-hydrogen) atoms. The van der Waals surface area contributed by atoms with Gasteiger partial charge in [-0.1, -0.05) is 6.07 Å². The molecular formula is C27H38N8O3. The number of hydrogen-bond donors (Lipinski definition) is 2. The molecule has 1 aliphatic carbocycles. The topological polar surface area (TPSA) is 124 Å². The highest BCUT2D eigenvalue weighted by atomic mass is 16.6. The molecule has 1 aromatic carbocycles. The predicted molar refractivity (Wildman–Crippen MR) is 147 cm³/mol. The smallest absolute Gasteiger partial charge is 0.412 e. The van der Waals surface area contributed by atoms with E-state index in [2.05, 4.69) is 39.2 Å². The number of rotatable bonds is 8. The molecule has 0 bridgehead atoms. The second-order valence-electron chi connectivity index (χ2n) is 10.8. The Bertz CT molecular complexity index is 1290. The number of fused-ring (bicyclic) bond motifs is 1. The normalized spacial score (nSPS) is 17.9. The van der Waals surface area contributed by atoms with Crippen LogP contribution in [0.2, 0.25) is 0 Å². The van der Waals surface area contributed by atoms with Gasteiger partial charge in [-0.2, -0.15) is 5.10 Å². The fourth-order valence-electron chi connectivity index (χ4n) is 5.36. The van der Waals surface area contributed by atoms with Gasteiger partial charge in [-0.05, 0) is 78.3 Å². The quantitative estimate of drug-likeness (QED) is 0.457. The fourth-order valence-corrected chi connectivity index (χ4v) is 5.36. The van der Waals surface area contributed by atoms with E-state index in [-0.39, 0.29) is 5.60 Å². The second kappa shape index (κ2) is 10.7. The van der Waals surface area contributed by atoms with Crippen LogP contribution in [0, 0.1) is 0 Å². The number of carbonyl (C=O) groups excluding carboxylic acids is 1. The number of hydrogen-bond acceptors (Lipinski definition) is 9. The SMILES string of the molecule is COc1cc(-c2nn(CCN3CCC(N(C)C)CC3)c3ncnc(N)c23)ccc1NC(=O)OC1(C)CCC1. The highest BCUT2D eigenvalue weighted by molar-refractivity contribution is 5.99. The molecule has 11 nitrogen and oxygen atoms in total. The molecule has 1 aliphatic heterocycles. The van der Waals surface area contributed by atoms with Gasteiger partial charge >= 0.3 is 6.09 Å². The van der Waals surface area contributed by atoms with Gasteiger partial charge in [0.2, 0.25) is 0 Å². The Hall–Kier alpha value is -3.44. The number of nitrogens with zero attached hydrogens (tertiary/aromatic N) is 6. The number of anilines is 2. The number of amides is 1. The summed E-state index contributed by atoms with van der Waals surface area (Å²) in [4.78, 5) is 26.0. The molecule has 3 heterocycles. The molecule has 2 fully saturated rings. The lowest BCUT2D eigenvalue weighted by Crippen LogP contribution is -2.42. The molecule has 0 spiro atoms. The molecular weight excluding hydrogens is 484 g/mol. The maximum atomic E-state index is 12.5. The second-order valence-corrected chi connectivity index (χ2v) is 10.8. The van der Waals surface area contributed by atoms with Crippen molar-refractivity contribution in [3.63, 3.8) is 0 Å². The first kappa shape index (κ1) is 26.2. The number of nitrogen functional groups attached to an aromatic ring is 1. The molecule has 2 aliphatic rings. The molecule has 0 radical (unpaired) electrons. The van der Waals surface area contributed by atoms with Crippen LogP contribution in [-0.2, 0) is 11.3 Å². The molecule has 0 unspecified atom stereocenters. The summed E-state index contributed by atoms with van der Waals surface area (Å²) in [5.74, 6) is 0.877. The van der Waals surface area contributed by atoms with Gasteiger partial charge in [-0.25, -0.2) is 19.4 Å². The number of methoxy groups -OCH3 is 1. The lowest BCUT2D eigenvalue weighted by molar-refractivity contribution is -0.0256. The van der Waals surface area contributed by atoms with Crippen LogP contribution in [0.25, 0.3) is 22.3 Å². The highest BCUT2D eigenvalue weighted by Crippen LogP contribution is 2.37. The van der Waals surface area contributed by atoms with Crippen molar-refractivity contribution in [2.24, 2.45) is 0 Å². The minimum absolute atomic E-state index is 0.376. The van der Waals surface area contributed by atoms with E-state index in [0.717, 1.165) is 44.5 Å². The Balaban J connectivity index is 1.36. The van der Waals surface area contributed by atoms with E-state index in [1.54, 1.807) is 13.2 Å². The van der Waals surface area contributed by atoms with Gasteiger partial charge in [0, 0.05) is 18.2 Å². The van der Waals surface area contributed by atoms with Gasteiger partial charge in [0.25, 0.3) is 0 Å². The van der Waals surface area contributed by atoms with Crippen LogP contribution in [0.4, 0.5) is 16.3 Å². The summed E-state index contributed by atoms with van der Waals surface area (Å²) in [5.41, 5.74) is 8.63. The third kappa shape index (κ3) is 5.39. The Morgan fingerprint density at radius 3 is 2.63 bits per heavy atom. The predicted octanol–water partition coefficient (Wildman–Crippen LogP) is 3.60. The average molecular weight is 523 g/mol. The summed E-state index contributed by atoms with van der Waals surface area (Å²) in [6.07, 6.45) is 6.16. The minimum atomic E-state index is -0.486. The number of nitrogens with two attached hydrogens (primary N) is 1. The average Bonchev–Trinajstić information content (AvgIpc) is 3.27. The summed E-state index contributed by atoms with van der Waals surface area (Å²) >= 11 is 0. The maximum absolute atomic E-state index is 12.5. The number of likely N-dealkylation sites (tertiary alicyclic amines) is 1. The van der Waals surface area contributed by atoms with Crippen molar-refractivity contribution in [3.05, 3.63) is 24.5 Å². The van der Waals surface area contributed by atoms with Crippen molar-refractivity contribution in [3.8, 4) is 17.0 Å². The minimum Gasteiger partial charge on any atom is -0.495 e. The Morgan fingerprint density at radius 2 is 1.97 bits per heavy atom. The number of nitrogens with one attached hydrogen (secondary N) is 1. The molecule has 3 N–H and O–H groups in total. The fraction of sp³-hybridized carbons (Fsp3) is 0.556. The summed E-state index contributed by atoms with van der Waals surface area (Å²) < 4.78 is 13.1. The molecule has 1 amide bonds. The van der Waals surface area contributed by atoms with E-state index in [9.17, 15) is 4.79 Å². The van der Waals surface area contributed by atoms with E-state index in [0.29, 0.717) is 46.6 Å². The molecule has 11 heteroatoms. The van der Waals surface area contributed by atoms with Crippen LogP contribution < -0.4 is 15.8 Å². The van der Waals surface area contributed by atoms with E-state index < -0.39 is 6.09 Å². The number of benzene rings is 1. The Morgan fingerprint density at radius 1 is 1.21 bits per heavy atom. The van der Waals surface area contributed by atoms with Crippen molar-refractivity contribution in [2.75, 3.05) is 51.9 Å². The number of aromatic nitrogens is 4. The first-order chi connectivity index (χ1) is 18.3. The van der Waals surface area contributed by atoms with E-state index >= 15 is 0 Å². The molecule has 1 saturated heterocycles. The summed E-state index contributed by atoms with van der Waals surface area (Å²) in [6, 6.07) is 6.16. The molecule has 0 atom stereocenters. The van der Waals surface area contributed by atoms with Crippen LogP contribution >= 0.6 is 0 Å². The standard InChI is InChI=1S/C27H38N8O3/c1-27(10-5-11-27)38-26(36)31-20-7-6-18(16-21(20)37-4)23-22-24(28)29-17-30-25(22)35(32-23)15-14-34-12-8-19(9-13-34)33(2)3/h6-7,16-17,19H,5,8-15H2,1-4H3,(H,31,36)(H2,28,29,30). The zero-order chi connectivity index (χ0) is 26.9. The van der Waals surface area contributed by atoms with Gasteiger partial charge in [-0.3, -0.25) is 5.32 Å². The van der Waals surface area contributed by atoms with Crippen LogP contribution in [0.15, 0.2) is 24.5 Å².